The minimum Gasteiger partial charge on any atom is -0.311 e. The van der Waals surface area contributed by atoms with Crippen LogP contribution in [0.2, 0.25) is 0 Å². The van der Waals surface area contributed by atoms with Crippen LogP contribution in [0.25, 0.3) is 99.1 Å². The molecule has 16 rings (SSSR count). The molecule has 0 aliphatic carbocycles. The third kappa shape index (κ3) is 8.56. The van der Waals surface area contributed by atoms with Gasteiger partial charge < -0.3 is 14.4 Å². The van der Waals surface area contributed by atoms with Gasteiger partial charge in [-0.1, -0.05) is 206 Å². The molecule has 13 aromatic carbocycles. The molecule has 0 radical (unpaired) electrons. The Bertz CT molecular complexity index is 5030. The maximum atomic E-state index is 10.5. The van der Waals surface area contributed by atoms with Gasteiger partial charge in [0.25, 0.3) is 6.71 Å². The molecule has 14 aromatic rings. The number of nitriles is 2. The molecule has 6 nitrogen and oxygen atoms in total. The van der Waals surface area contributed by atoms with Gasteiger partial charge in [0.1, 0.15) is 0 Å². The predicted octanol–water partition coefficient (Wildman–Crippen LogP) is 19.2. The standard InChI is InChI=1S/C81H49BN6/c1-85-65-34-39-68(64(45-65)52-84)70-44-53(51-83)26-40-75(70)88-74-25-15-14-24-69(74)71-46-60(31-41-76(71)88)63-49-79-81-80(50-63)87(67-37-29-59(30-38-67)55-18-8-3-9-19-55)78-43-33-62(57-22-12-5-13-23-57)48-73(78)82(81)72-47-61(56-20-10-4-11-21-56)32-42-77(72)86(79)66-35-27-58(28-36-66)54-16-6-2-7-17-54/h2-50H. The van der Waals surface area contributed by atoms with Crippen molar-refractivity contribution < 1.29 is 0 Å². The van der Waals surface area contributed by atoms with Crippen LogP contribution in [0.4, 0.5) is 39.8 Å². The second-order valence-corrected chi connectivity index (χ2v) is 22.5. The third-order valence-electron chi connectivity index (χ3n) is 17.7. The van der Waals surface area contributed by atoms with Crippen LogP contribution < -0.4 is 26.2 Å². The maximum absolute atomic E-state index is 10.5. The zero-order valence-electron chi connectivity index (χ0n) is 47.6. The second-order valence-electron chi connectivity index (χ2n) is 22.5. The molecule has 0 bridgehead atoms. The van der Waals surface area contributed by atoms with E-state index in [4.69, 9.17) is 6.57 Å². The van der Waals surface area contributed by atoms with Gasteiger partial charge in [0.15, 0.2) is 5.69 Å². The van der Waals surface area contributed by atoms with E-state index in [1.54, 1.807) is 12.1 Å². The van der Waals surface area contributed by atoms with E-state index in [0.717, 1.165) is 123 Å². The summed E-state index contributed by atoms with van der Waals surface area (Å²) in [5.74, 6) is 0. The molecule has 0 fully saturated rings. The lowest BCUT2D eigenvalue weighted by atomic mass is 9.33. The van der Waals surface area contributed by atoms with Crippen molar-refractivity contribution in [2.45, 2.75) is 0 Å². The molecule has 88 heavy (non-hydrogen) atoms. The molecular formula is C81H49BN6. The number of hydrogen-bond donors (Lipinski definition) is 0. The molecule has 0 saturated heterocycles. The van der Waals surface area contributed by atoms with Gasteiger partial charge in [-0.2, -0.15) is 10.5 Å². The smallest absolute Gasteiger partial charge is 0.252 e. The number of aromatic nitrogens is 1. The van der Waals surface area contributed by atoms with Crippen molar-refractivity contribution in [1.29, 1.82) is 10.5 Å². The highest BCUT2D eigenvalue weighted by Gasteiger charge is 2.44. The van der Waals surface area contributed by atoms with Crippen molar-refractivity contribution in [3.05, 3.63) is 320 Å². The van der Waals surface area contributed by atoms with Crippen molar-refractivity contribution in [3.8, 4) is 84.6 Å². The van der Waals surface area contributed by atoms with E-state index >= 15 is 0 Å². The number of anilines is 6. The number of para-hydroxylation sites is 1. The molecule has 3 heterocycles. The van der Waals surface area contributed by atoms with Crippen LogP contribution >= 0.6 is 0 Å². The quantitative estimate of drug-likeness (QED) is 0.107. The highest BCUT2D eigenvalue weighted by Crippen LogP contribution is 2.49. The predicted molar refractivity (Wildman–Crippen MR) is 363 cm³/mol. The second kappa shape index (κ2) is 21.1. The molecule has 2 aliphatic rings. The average Bonchev–Trinajstić information content (AvgIpc) is 0.836. The first-order chi connectivity index (χ1) is 43.5. The molecule has 0 unspecified atom stereocenters. The first kappa shape index (κ1) is 51.4. The van der Waals surface area contributed by atoms with E-state index in [0.29, 0.717) is 22.4 Å². The fraction of sp³-hybridized carbons (Fsp3) is 0. The van der Waals surface area contributed by atoms with Crippen LogP contribution in [-0.2, 0) is 0 Å². The van der Waals surface area contributed by atoms with E-state index < -0.39 is 0 Å². The van der Waals surface area contributed by atoms with Crippen LogP contribution in [0, 0.1) is 29.2 Å². The van der Waals surface area contributed by atoms with Gasteiger partial charge >= 0.3 is 0 Å². The molecule has 406 valence electrons. The summed E-state index contributed by atoms with van der Waals surface area (Å²) in [6.07, 6.45) is 0. The normalized spacial score (nSPS) is 12.0. The summed E-state index contributed by atoms with van der Waals surface area (Å²) in [5, 5.41) is 22.9. The number of fused-ring (bicyclic) bond motifs is 7. The molecule has 0 N–H and O–H groups in total. The molecule has 0 saturated carbocycles. The third-order valence-corrected chi connectivity index (χ3v) is 17.7. The molecule has 7 heteroatoms. The summed E-state index contributed by atoms with van der Waals surface area (Å²) in [6, 6.07) is 111. The summed E-state index contributed by atoms with van der Waals surface area (Å²) in [5.41, 5.74) is 26.9. The van der Waals surface area contributed by atoms with Crippen LogP contribution in [0.5, 0.6) is 0 Å². The first-order valence-electron chi connectivity index (χ1n) is 29.5. The number of nitrogens with zero attached hydrogens (tertiary/aromatic N) is 6. The van der Waals surface area contributed by atoms with Crippen molar-refractivity contribution in [2.24, 2.45) is 0 Å². The van der Waals surface area contributed by atoms with Gasteiger partial charge in [-0.05, 0) is 169 Å². The van der Waals surface area contributed by atoms with Gasteiger partial charge in [-0.15, -0.1) is 0 Å². The van der Waals surface area contributed by atoms with Gasteiger partial charge in [-0.25, -0.2) is 4.85 Å². The van der Waals surface area contributed by atoms with Crippen molar-refractivity contribution >= 4 is 84.7 Å². The van der Waals surface area contributed by atoms with E-state index in [2.05, 4.69) is 292 Å². The van der Waals surface area contributed by atoms with Gasteiger partial charge in [0, 0.05) is 56.0 Å². The minimum absolute atomic E-state index is 0.169. The highest BCUT2D eigenvalue weighted by molar-refractivity contribution is 7.00. The summed E-state index contributed by atoms with van der Waals surface area (Å²) in [7, 11) is 0. The summed E-state index contributed by atoms with van der Waals surface area (Å²) >= 11 is 0. The van der Waals surface area contributed by atoms with Crippen LogP contribution in [0.15, 0.2) is 297 Å². The molecule has 0 atom stereocenters. The molecular weight excluding hydrogens is 1070 g/mol. The summed E-state index contributed by atoms with van der Waals surface area (Å²) < 4.78 is 2.25. The van der Waals surface area contributed by atoms with Crippen molar-refractivity contribution in [3.63, 3.8) is 0 Å². The van der Waals surface area contributed by atoms with E-state index in [9.17, 15) is 10.5 Å². The van der Waals surface area contributed by atoms with Crippen molar-refractivity contribution in [2.75, 3.05) is 9.80 Å². The number of rotatable bonds is 9. The fourth-order valence-electron chi connectivity index (χ4n) is 13.6. The Labute approximate surface area is 511 Å². The Morgan fingerprint density at radius 2 is 0.784 bits per heavy atom. The average molecular weight is 1120 g/mol. The van der Waals surface area contributed by atoms with Crippen LogP contribution in [0.3, 0.4) is 0 Å². The van der Waals surface area contributed by atoms with E-state index in [1.807, 2.05) is 24.3 Å². The fourth-order valence-corrected chi connectivity index (χ4v) is 13.6. The highest BCUT2D eigenvalue weighted by atomic mass is 15.2. The molecule has 0 spiro atoms. The summed E-state index contributed by atoms with van der Waals surface area (Å²) in [4.78, 5) is 8.62. The molecule has 1 aromatic heterocycles. The largest absolute Gasteiger partial charge is 0.311 e. The lowest BCUT2D eigenvalue weighted by Gasteiger charge is -2.44. The van der Waals surface area contributed by atoms with Gasteiger partial charge in [0.05, 0.1) is 41.0 Å². The van der Waals surface area contributed by atoms with Crippen LogP contribution in [-0.4, -0.2) is 11.3 Å². The van der Waals surface area contributed by atoms with E-state index in [1.165, 1.54) is 16.4 Å². The Morgan fingerprint density at radius 1 is 0.330 bits per heavy atom. The molecule has 2 aliphatic heterocycles. The number of hydrogen-bond acceptors (Lipinski definition) is 4. The van der Waals surface area contributed by atoms with Gasteiger partial charge in [0.2, 0.25) is 0 Å². The minimum atomic E-state index is -0.169. The Hall–Kier alpha value is -12.2. The Kier molecular flexibility index (Phi) is 12.4. The Morgan fingerprint density at radius 3 is 1.31 bits per heavy atom. The van der Waals surface area contributed by atoms with Crippen LogP contribution in [0.1, 0.15) is 11.1 Å². The zero-order valence-corrected chi connectivity index (χ0v) is 47.6. The lowest BCUT2D eigenvalue weighted by molar-refractivity contribution is 1.18. The van der Waals surface area contributed by atoms with Gasteiger partial charge in [-0.3, -0.25) is 0 Å². The first-order valence-corrected chi connectivity index (χ1v) is 29.5. The Balaban J connectivity index is 0.966. The topological polar surface area (TPSA) is 63.4 Å². The monoisotopic (exact) mass is 1120 g/mol. The maximum Gasteiger partial charge on any atom is 0.252 e. The SMILES string of the molecule is [C-]#[N+]c1ccc(-c2cc(C#N)ccc2-n2c3ccccc3c3cc(-c4cc5c6c(c4)N(c4ccc(-c7ccccc7)cc4)c4ccc(-c7ccccc7)cc4B6c4cc(-c6ccccc6)ccc4N5c4ccc(-c5ccccc5)cc4)ccc32)c(C#N)c1. The van der Waals surface area contributed by atoms with Crippen molar-refractivity contribution in [1.82, 2.24) is 4.57 Å². The number of benzene rings is 13. The lowest BCUT2D eigenvalue weighted by Crippen LogP contribution is -2.61. The van der Waals surface area contributed by atoms with E-state index in [-0.39, 0.29) is 6.71 Å². The summed E-state index contributed by atoms with van der Waals surface area (Å²) in [6.45, 7) is 7.54. The molecule has 0 amide bonds. The zero-order chi connectivity index (χ0) is 58.8.